The number of ether oxygens (including phenoxy) is 3. The number of rotatable bonds is 9. The van der Waals surface area contributed by atoms with E-state index in [0.717, 1.165) is 40.1 Å². The van der Waals surface area contributed by atoms with Crippen LogP contribution in [0.4, 0.5) is 0 Å². The maximum absolute atomic E-state index is 13.3. The van der Waals surface area contributed by atoms with E-state index < -0.39 is 0 Å². The molecular formula is C31H31ClN2O5S. The van der Waals surface area contributed by atoms with Gasteiger partial charge in [-0.15, -0.1) is 11.3 Å². The minimum Gasteiger partial charge on any atom is -0.497 e. The van der Waals surface area contributed by atoms with Crippen molar-refractivity contribution >= 4 is 44.9 Å². The van der Waals surface area contributed by atoms with Gasteiger partial charge in [0.05, 0.1) is 37.5 Å². The number of piperazine rings is 1. The summed E-state index contributed by atoms with van der Waals surface area (Å²) in [6.45, 7) is 3.73. The van der Waals surface area contributed by atoms with E-state index in [-0.39, 0.29) is 18.0 Å². The van der Waals surface area contributed by atoms with E-state index in [1.54, 1.807) is 19.2 Å². The summed E-state index contributed by atoms with van der Waals surface area (Å²) in [5.41, 5.74) is 2.47. The van der Waals surface area contributed by atoms with Crippen LogP contribution in [0.5, 0.6) is 5.75 Å². The number of halogens is 1. The molecule has 0 spiro atoms. The number of hydrogen-bond donors (Lipinski definition) is 0. The number of thiophene rings is 1. The Balaban J connectivity index is 1.24. The van der Waals surface area contributed by atoms with Gasteiger partial charge in [-0.05, 0) is 41.5 Å². The zero-order valence-electron chi connectivity index (χ0n) is 22.5. The van der Waals surface area contributed by atoms with Gasteiger partial charge in [-0.3, -0.25) is 9.69 Å². The smallest absolute Gasteiger partial charge is 0.337 e. The van der Waals surface area contributed by atoms with Crippen LogP contribution in [0.3, 0.4) is 0 Å². The highest BCUT2D eigenvalue weighted by atomic mass is 35.5. The summed E-state index contributed by atoms with van der Waals surface area (Å²) < 4.78 is 17.7. The van der Waals surface area contributed by atoms with Crippen LogP contribution in [0.25, 0.3) is 10.1 Å². The highest BCUT2D eigenvalue weighted by Gasteiger charge is 2.27. The molecule has 1 saturated heterocycles. The summed E-state index contributed by atoms with van der Waals surface area (Å²) in [5, 5.41) is 1.47. The lowest BCUT2D eigenvalue weighted by atomic mass is 10.1. The summed E-state index contributed by atoms with van der Waals surface area (Å²) >= 11 is 8.03. The molecule has 9 heteroatoms. The van der Waals surface area contributed by atoms with Crippen LogP contribution in [0.2, 0.25) is 5.02 Å². The molecule has 7 nitrogen and oxygen atoms in total. The first-order valence-electron chi connectivity index (χ1n) is 13.1. The summed E-state index contributed by atoms with van der Waals surface area (Å²) in [6.07, 6.45) is -0.213. The molecule has 1 aromatic heterocycles. The molecule has 1 amide bonds. The van der Waals surface area contributed by atoms with E-state index in [9.17, 15) is 9.59 Å². The highest BCUT2D eigenvalue weighted by molar-refractivity contribution is 7.21. The number of hydrogen-bond acceptors (Lipinski definition) is 7. The van der Waals surface area contributed by atoms with Crippen LogP contribution in [0.1, 0.15) is 37.3 Å². The fourth-order valence-corrected chi connectivity index (χ4v) is 6.29. The number of carbonyl (C=O) groups is 2. The van der Waals surface area contributed by atoms with Gasteiger partial charge in [-0.25, -0.2) is 4.79 Å². The molecule has 208 valence electrons. The normalized spacial score (nSPS) is 14.7. The Morgan fingerprint density at radius 3 is 2.40 bits per heavy atom. The van der Waals surface area contributed by atoms with Crippen LogP contribution in [0.15, 0.2) is 72.8 Å². The van der Waals surface area contributed by atoms with Gasteiger partial charge in [0, 0.05) is 42.8 Å². The molecule has 4 aromatic rings. The van der Waals surface area contributed by atoms with Gasteiger partial charge < -0.3 is 19.1 Å². The highest BCUT2D eigenvalue weighted by Crippen LogP contribution is 2.36. The van der Waals surface area contributed by atoms with Gasteiger partial charge >= 0.3 is 5.97 Å². The minimum absolute atomic E-state index is 0.0122. The minimum atomic E-state index is -0.367. The van der Waals surface area contributed by atoms with Gasteiger partial charge in [0.1, 0.15) is 10.6 Å². The van der Waals surface area contributed by atoms with Crippen molar-refractivity contribution in [1.82, 2.24) is 9.80 Å². The Kier molecular flexibility index (Phi) is 9.01. The standard InChI is InChI=1S/C31H31ClN2O5S/c1-37-24-7-5-6-23(18-24)26(39-20-21-10-12-22(13-11-21)31(36)38-2)19-33-14-16-34(17-15-33)30(35)29-28(32)25-8-3-4-9-27(25)40-29/h3-13,18,26H,14-17,19-20H2,1-2H3/t26-/m0/s1. The van der Waals surface area contributed by atoms with Gasteiger partial charge in [0.2, 0.25) is 0 Å². The van der Waals surface area contributed by atoms with Crippen molar-refractivity contribution in [2.75, 3.05) is 46.9 Å². The quantitative estimate of drug-likeness (QED) is 0.225. The lowest BCUT2D eigenvalue weighted by molar-refractivity contribution is 0.00337. The van der Waals surface area contributed by atoms with Gasteiger partial charge in [-0.2, -0.15) is 0 Å². The average molecular weight is 579 g/mol. The lowest BCUT2D eigenvalue weighted by Crippen LogP contribution is -2.49. The Morgan fingerprint density at radius 2 is 1.70 bits per heavy atom. The SMILES string of the molecule is COC(=O)c1ccc(CO[C@@H](CN2CCN(C(=O)c3sc4ccccc4c3Cl)CC2)c2cccc(OC)c2)cc1. The molecule has 0 N–H and O–H groups in total. The monoisotopic (exact) mass is 578 g/mol. The predicted molar refractivity (Wildman–Crippen MR) is 157 cm³/mol. The molecule has 5 rings (SSSR count). The first-order chi connectivity index (χ1) is 19.5. The van der Waals surface area contributed by atoms with Crippen LogP contribution < -0.4 is 4.74 Å². The Morgan fingerprint density at radius 1 is 0.950 bits per heavy atom. The fraction of sp³-hybridized carbons (Fsp3) is 0.290. The van der Waals surface area contributed by atoms with Crippen molar-refractivity contribution < 1.29 is 23.8 Å². The van der Waals surface area contributed by atoms with Crippen LogP contribution in [0, 0.1) is 0 Å². The number of amides is 1. The van der Waals surface area contributed by atoms with Crippen LogP contribution in [-0.4, -0.2) is 68.6 Å². The number of esters is 1. The van der Waals surface area contributed by atoms with Crippen LogP contribution >= 0.6 is 22.9 Å². The molecule has 0 bridgehead atoms. The molecule has 2 heterocycles. The van der Waals surface area contributed by atoms with Gasteiger partial charge in [-0.1, -0.05) is 54.1 Å². The molecule has 0 saturated carbocycles. The second-order valence-electron chi connectivity index (χ2n) is 9.60. The summed E-state index contributed by atoms with van der Waals surface area (Å²) in [6, 6.07) is 23.0. The average Bonchev–Trinajstić information content (AvgIpc) is 3.35. The van der Waals surface area contributed by atoms with E-state index in [0.29, 0.717) is 41.7 Å². The molecular weight excluding hydrogens is 548 g/mol. The number of benzene rings is 3. The zero-order chi connectivity index (χ0) is 28.1. The maximum atomic E-state index is 13.3. The lowest BCUT2D eigenvalue weighted by Gasteiger charge is -2.36. The van der Waals surface area contributed by atoms with Crippen molar-refractivity contribution in [2.45, 2.75) is 12.7 Å². The molecule has 40 heavy (non-hydrogen) atoms. The van der Waals surface area contributed by atoms with Gasteiger partial charge in [0.25, 0.3) is 5.91 Å². The predicted octanol–water partition coefficient (Wildman–Crippen LogP) is 6.07. The molecule has 0 radical (unpaired) electrons. The molecule has 0 aliphatic carbocycles. The topological polar surface area (TPSA) is 68.3 Å². The second-order valence-corrected chi connectivity index (χ2v) is 11.0. The third-order valence-electron chi connectivity index (χ3n) is 7.10. The van der Waals surface area contributed by atoms with E-state index in [1.807, 2.05) is 65.6 Å². The van der Waals surface area contributed by atoms with Crippen molar-refractivity contribution in [3.8, 4) is 5.75 Å². The van der Waals surface area contributed by atoms with Crippen molar-refractivity contribution in [1.29, 1.82) is 0 Å². The van der Waals surface area contributed by atoms with Crippen molar-refractivity contribution in [3.63, 3.8) is 0 Å². The van der Waals surface area contributed by atoms with E-state index in [2.05, 4.69) is 4.90 Å². The van der Waals surface area contributed by atoms with Gasteiger partial charge in [0.15, 0.2) is 0 Å². The Hall–Kier alpha value is -3.43. The second kappa shape index (κ2) is 12.8. The number of methoxy groups -OCH3 is 2. The number of fused-ring (bicyclic) bond motifs is 1. The first kappa shape index (κ1) is 28.1. The molecule has 1 fully saturated rings. The number of nitrogens with zero attached hydrogens (tertiary/aromatic N) is 2. The Labute approximate surface area is 242 Å². The molecule has 1 atom stereocenters. The third-order valence-corrected chi connectivity index (χ3v) is 8.77. The molecule has 3 aromatic carbocycles. The van der Waals surface area contributed by atoms with E-state index in [1.165, 1.54) is 18.4 Å². The molecule has 1 aliphatic heterocycles. The summed E-state index contributed by atoms with van der Waals surface area (Å²) in [7, 11) is 3.02. The largest absolute Gasteiger partial charge is 0.497 e. The summed E-state index contributed by atoms with van der Waals surface area (Å²) in [4.78, 5) is 29.9. The Bertz CT molecular complexity index is 1480. The number of carbonyl (C=O) groups excluding carboxylic acids is 2. The van der Waals surface area contributed by atoms with Crippen LogP contribution in [-0.2, 0) is 16.1 Å². The van der Waals surface area contributed by atoms with Crippen molar-refractivity contribution in [2.24, 2.45) is 0 Å². The van der Waals surface area contributed by atoms with Crippen molar-refractivity contribution in [3.05, 3.63) is 99.4 Å². The first-order valence-corrected chi connectivity index (χ1v) is 14.3. The zero-order valence-corrected chi connectivity index (χ0v) is 24.0. The third kappa shape index (κ3) is 6.31. The maximum Gasteiger partial charge on any atom is 0.337 e. The molecule has 0 unspecified atom stereocenters. The fourth-order valence-electron chi connectivity index (χ4n) is 4.81. The molecule has 1 aliphatic rings. The van der Waals surface area contributed by atoms with E-state index in [4.69, 9.17) is 25.8 Å². The summed E-state index contributed by atoms with van der Waals surface area (Å²) in [5.74, 6) is 0.389. The van der Waals surface area contributed by atoms with E-state index >= 15 is 0 Å².